The lowest BCUT2D eigenvalue weighted by molar-refractivity contribution is 0.103. The van der Waals surface area contributed by atoms with E-state index in [1.165, 1.54) is 36.4 Å². The van der Waals surface area contributed by atoms with Crippen LogP contribution >= 0.6 is 31.9 Å². The number of benzene rings is 4. The maximum atomic E-state index is 13.1. The molecule has 2 heterocycles. The Morgan fingerprint density at radius 1 is 0.714 bits per heavy atom. The highest BCUT2D eigenvalue weighted by Crippen LogP contribution is 2.36. The Labute approximate surface area is 270 Å². The van der Waals surface area contributed by atoms with Gasteiger partial charge >= 0.3 is 0 Å². The van der Waals surface area contributed by atoms with Gasteiger partial charge in [-0.1, -0.05) is 50.1 Å². The third-order valence-electron chi connectivity index (χ3n) is 6.32. The summed E-state index contributed by atoms with van der Waals surface area (Å²) >= 11 is 6.37. The first-order valence-corrected chi connectivity index (χ1v) is 14.2. The van der Waals surface area contributed by atoms with Gasteiger partial charge in [-0.15, -0.1) is 0 Å². The maximum Gasteiger partial charge on any atom is 0.197 e. The molecule has 8 heteroatoms. The van der Waals surface area contributed by atoms with Gasteiger partial charge in [0.2, 0.25) is 0 Å². The molecule has 42 heavy (non-hydrogen) atoms. The monoisotopic (exact) mass is 696 g/mol. The minimum absolute atomic E-state index is 0.0139. The Balaban J connectivity index is 0.000000195. The summed E-state index contributed by atoms with van der Waals surface area (Å²) in [6, 6.07) is 5.73. The SMILES string of the molecule is [2H]c1c([2H])c([2H])c2c(C(=O)c3cc(Br)c(O)c(Br)c3)c(CC)oc2c1[2H].[2H]c1c([2H])c([2H])c2c(C(=O)c3ccc(O)cc3)c(CC)oc2c1[2H]. The number of aryl methyl sites for hydroxylation is 2. The van der Waals surface area contributed by atoms with Crippen molar-refractivity contribution >= 4 is 65.4 Å². The van der Waals surface area contributed by atoms with Crippen molar-refractivity contribution in [3.63, 3.8) is 0 Å². The Morgan fingerprint density at radius 3 is 1.60 bits per heavy atom. The molecule has 212 valence electrons. The van der Waals surface area contributed by atoms with Gasteiger partial charge in [0.05, 0.1) is 31.0 Å². The summed E-state index contributed by atoms with van der Waals surface area (Å²) in [6.07, 6.45) is 0.711. The predicted molar refractivity (Wildman–Crippen MR) is 170 cm³/mol. The lowest BCUT2D eigenvalue weighted by Gasteiger charge is -2.06. The number of aromatic hydroxyl groups is 2. The van der Waals surface area contributed by atoms with E-state index in [0.717, 1.165) is 0 Å². The molecule has 0 atom stereocenters. The Kier molecular flexibility index (Phi) is 6.10. The number of furan rings is 2. The van der Waals surface area contributed by atoms with Gasteiger partial charge in [0.1, 0.15) is 34.2 Å². The van der Waals surface area contributed by atoms with Crippen LogP contribution in [-0.4, -0.2) is 21.8 Å². The molecule has 0 unspecified atom stereocenters. The Bertz CT molecular complexity index is 2340. The van der Waals surface area contributed by atoms with E-state index in [9.17, 15) is 19.8 Å². The van der Waals surface area contributed by atoms with Gasteiger partial charge in [0, 0.05) is 34.7 Å². The van der Waals surface area contributed by atoms with E-state index in [4.69, 9.17) is 19.8 Å². The number of fused-ring (bicyclic) bond motifs is 2. The van der Waals surface area contributed by atoms with Crippen LogP contribution in [0.15, 0.2) is 103 Å². The minimum atomic E-state index is -0.452. The number of phenols is 2. The molecule has 0 bridgehead atoms. The van der Waals surface area contributed by atoms with Crippen molar-refractivity contribution < 1.29 is 39.6 Å². The van der Waals surface area contributed by atoms with E-state index >= 15 is 0 Å². The van der Waals surface area contributed by atoms with Crippen LogP contribution in [0.25, 0.3) is 21.9 Å². The van der Waals surface area contributed by atoms with Crippen molar-refractivity contribution in [1.29, 1.82) is 0 Å². The lowest BCUT2D eigenvalue weighted by Crippen LogP contribution is -2.03. The first-order chi connectivity index (χ1) is 23.5. The van der Waals surface area contributed by atoms with Crippen LogP contribution in [0.2, 0.25) is 0 Å². The molecule has 0 amide bonds. The fraction of sp³-hybridized carbons (Fsp3) is 0.118. The summed E-state index contributed by atoms with van der Waals surface area (Å²) in [5, 5.41) is 19.4. The minimum Gasteiger partial charge on any atom is -0.508 e. The van der Waals surface area contributed by atoms with E-state index in [0.29, 0.717) is 33.1 Å². The highest BCUT2D eigenvalue weighted by molar-refractivity contribution is 9.11. The zero-order valence-electron chi connectivity index (χ0n) is 30.2. The van der Waals surface area contributed by atoms with Gasteiger partial charge in [-0.3, -0.25) is 9.59 Å². The Hall–Kier alpha value is -4.14. The zero-order valence-corrected chi connectivity index (χ0v) is 25.3. The maximum absolute atomic E-state index is 13.1. The molecular weight excluding hydrogens is 664 g/mol. The molecule has 0 aliphatic rings. The van der Waals surface area contributed by atoms with Gasteiger partial charge in [-0.25, -0.2) is 0 Å². The standard InChI is InChI=1S/C17H12Br2O3.C17H14O3/c1-2-13-15(10-5-3-4-6-14(10)22-13)16(20)9-7-11(18)17(21)12(19)8-9;1-2-14-16(13-5-3-4-6-15(13)20-14)17(19)11-7-9-12(18)10-8-11/h3-8,21H,2H2,1H3;3-10,18H,2H2,1H3/i2*3D,4D,5D,6D. The van der Waals surface area contributed by atoms with E-state index in [-0.39, 0.29) is 80.1 Å². The zero-order chi connectivity index (χ0) is 36.9. The molecule has 6 nitrogen and oxygen atoms in total. The van der Waals surface area contributed by atoms with Crippen molar-refractivity contribution in [2.24, 2.45) is 0 Å². The van der Waals surface area contributed by atoms with Gasteiger partial charge in [-0.2, -0.15) is 0 Å². The van der Waals surface area contributed by atoms with Crippen LogP contribution in [0, 0.1) is 0 Å². The van der Waals surface area contributed by atoms with Crippen LogP contribution in [0.1, 0.15) is 68.2 Å². The molecule has 2 aromatic heterocycles. The average Bonchev–Trinajstić information content (AvgIpc) is 3.70. The third kappa shape index (κ3) is 5.65. The summed E-state index contributed by atoms with van der Waals surface area (Å²) in [5.74, 6) is -0.271. The van der Waals surface area contributed by atoms with E-state index in [1.807, 2.05) is 0 Å². The van der Waals surface area contributed by atoms with Crippen molar-refractivity contribution in [3.8, 4) is 11.5 Å². The molecule has 6 aromatic rings. The average molecular weight is 698 g/mol. The second-order valence-electron chi connectivity index (χ2n) is 8.91. The number of hydrogen-bond acceptors (Lipinski definition) is 6. The summed E-state index contributed by atoms with van der Waals surface area (Å²) in [6.45, 7) is 3.55. The summed E-state index contributed by atoms with van der Waals surface area (Å²) < 4.78 is 75.3. The molecule has 0 saturated heterocycles. The molecule has 0 aliphatic carbocycles. The van der Waals surface area contributed by atoms with Crippen molar-refractivity contribution in [2.75, 3.05) is 0 Å². The third-order valence-corrected chi connectivity index (χ3v) is 7.53. The quantitative estimate of drug-likeness (QED) is 0.168. The van der Waals surface area contributed by atoms with E-state index < -0.39 is 35.7 Å². The highest BCUT2D eigenvalue weighted by atomic mass is 79.9. The summed E-state index contributed by atoms with van der Waals surface area (Å²) in [5.41, 5.74) is 0.751. The molecule has 0 aliphatic heterocycles. The van der Waals surface area contributed by atoms with Crippen LogP contribution in [-0.2, 0) is 12.8 Å². The smallest absolute Gasteiger partial charge is 0.197 e. The molecular formula is C34H26Br2O6. The van der Waals surface area contributed by atoms with E-state index in [1.54, 1.807) is 13.8 Å². The number of hydrogen-bond donors (Lipinski definition) is 2. The van der Waals surface area contributed by atoms with Crippen molar-refractivity contribution in [1.82, 2.24) is 0 Å². The molecule has 0 spiro atoms. The van der Waals surface area contributed by atoms with Crippen molar-refractivity contribution in [2.45, 2.75) is 26.7 Å². The molecule has 2 N–H and O–H groups in total. The first kappa shape index (κ1) is 20.7. The second kappa shape index (κ2) is 12.4. The molecule has 4 aromatic carbocycles. The van der Waals surface area contributed by atoms with Crippen LogP contribution < -0.4 is 0 Å². The van der Waals surface area contributed by atoms with E-state index in [2.05, 4.69) is 31.9 Å². The first-order valence-electron chi connectivity index (χ1n) is 16.6. The number of ketones is 2. The second-order valence-corrected chi connectivity index (χ2v) is 10.6. The van der Waals surface area contributed by atoms with Gasteiger partial charge < -0.3 is 19.0 Å². The molecule has 6 rings (SSSR count). The number of para-hydroxylation sites is 2. The van der Waals surface area contributed by atoms with Crippen LogP contribution in [0.5, 0.6) is 11.5 Å². The fourth-order valence-electron chi connectivity index (χ4n) is 4.31. The largest absolute Gasteiger partial charge is 0.508 e. The molecule has 0 saturated carbocycles. The fourth-order valence-corrected chi connectivity index (χ4v) is 5.50. The number of carbonyl (C=O) groups excluding carboxylic acids is 2. The predicted octanol–water partition coefficient (Wildman–Crippen LogP) is 9.39. The number of halogens is 2. The summed E-state index contributed by atoms with van der Waals surface area (Å²) in [4.78, 5) is 26.0. The van der Waals surface area contributed by atoms with Crippen LogP contribution in [0.4, 0.5) is 0 Å². The van der Waals surface area contributed by atoms with Gasteiger partial charge in [0.25, 0.3) is 0 Å². The topological polar surface area (TPSA) is 101 Å². The molecule has 0 fully saturated rings. The van der Waals surface area contributed by atoms with Gasteiger partial charge in [-0.05, 0) is 80.3 Å². The van der Waals surface area contributed by atoms with Gasteiger partial charge in [0.15, 0.2) is 11.6 Å². The van der Waals surface area contributed by atoms with Crippen LogP contribution in [0.3, 0.4) is 0 Å². The lowest BCUT2D eigenvalue weighted by atomic mass is 9.99. The Morgan fingerprint density at radius 2 is 1.14 bits per heavy atom. The van der Waals surface area contributed by atoms with Crippen molar-refractivity contribution in [3.05, 3.63) is 127 Å². The summed E-state index contributed by atoms with van der Waals surface area (Å²) in [7, 11) is 0. The number of rotatable bonds is 6. The normalized spacial score (nSPS) is 13.6. The number of phenolic OH excluding ortho intramolecular Hbond substituents is 2. The molecule has 0 radical (unpaired) electrons. The highest BCUT2D eigenvalue weighted by Gasteiger charge is 2.23. The number of carbonyl (C=O) groups is 2.